The first-order chi connectivity index (χ1) is 11.7. The summed E-state index contributed by atoms with van der Waals surface area (Å²) in [6.45, 7) is 7.93. The predicted octanol–water partition coefficient (Wildman–Crippen LogP) is 3.29. The lowest BCUT2D eigenvalue weighted by Gasteiger charge is -2.32. The van der Waals surface area contributed by atoms with Crippen LogP contribution in [0, 0.1) is 0 Å². The fraction of sp³-hybridized carbons (Fsp3) is 0.333. The van der Waals surface area contributed by atoms with Crippen LogP contribution in [-0.4, -0.2) is 29.2 Å². The number of rotatable bonds is 3. The topological polar surface area (TPSA) is 60.5 Å². The van der Waals surface area contributed by atoms with Gasteiger partial charge in [-0.2, -0.15) is 0 Å². The Morgan fingerprint density at radius 3 is 2.36 bits per heavy atom. The van der Waals surface area contributed by atoms with Crippen LogP contribution in [0.5, 0.6) is 0 Å². The van der Waals surface area contributed by atoms with Crippen molar-refractivity contribution in [3.63, 3.8) is 0 Å². The van der Waals surface area contributed by atoms with Crippen molar-refractivity contribution in [3.8, 4) is 0 Å². The van der Waals surface area contributed by atoms with Crippen LogP contribution in [-0.2, 0) is 9.31 Å². The first-order valence-corrected chi connectivity index (χ1v) is 8.45. The fourth-order valence-electron chi connectivity index (χ4n) is 2.45. The molecule has 0 saturated carbocycles. The average Bonchev–Trinajstić information content (AvgIpc) is 2.76. The molecule has 1 aliphatic heterocycles. The third kappa shape index (κ3) is 3.56. The van der Waals surface area contributed by atoms with Gasteiger partial charge in [0.15, 0.2) is 0 Å². The monoisotopic (exact) mass is 358 g/mol. The van der Waals surface area contributed by atoms with E-state index < -0.39 is 18.3 Å². The normalized spacial score (nSPS) is 18.2. The number of carbonyl (C=O) groups excluding carboxylic acids is 1. The molecule has 7 heteroatoms. The number of pyridine rings is 1. The minimum absolute atomic E-state index is 0.277. The van der Waals surface area contributed by atoms with Gasteiger partial charge in [-0.1, -0.05) is 23.7 Å². The van der Waals surface area contributed by atoms with Crippen LogP contribution in [0.2, 0.25) is 5.02 Å². The molecule has 3 rings (SSSR count). The summed E-state index contributed by atoms with van der Waals surface area (Å²) in [6, 6.07) is 10.4. The number of hydrogen-bond donors (Lipinski definition) is 1. The Hall–Kier alpha value is -1.89. The molecule has 2 heterocycles. The van der Waals surface area contributed by atoms with E-state index in [1.807, 2.05) is 27.7 Å². The van der Waals surface area contributed by atoms with Gasteiger partial charge in [0, 0.05) is 22.2 Å². The van der Waals surface area contributed by atoms with E-state index >= 15 is 0 Å². The minimum atomic E-state index is -0.564. The molecule has 1 aromatic carbocycles. The molecule has 0 aliphatic carbocycles. The molecule has 5 nitrogen and oxygen atoms in total. The minimum Gasteiger partial charge on any atom is -0.399 e. The predicted molar refractivity (Wildman–Crippen MR) is 99.4 cm³/mol. The zero-order valence-electron chi connectivity index (χ0n) is 14.7. The van der Waals surface area contributed by atoms with Crippen molar-refractivity contribution in [2.24, 2.45) is 0 Å². The molecule has 0 spiro atoms. The lowest BCUT2D eigenvalue weighted by molar-refractivity contribution is 0.00578. The standard InChI is InChI=1S/C18H20BClN2O3/c1-17(2)18(3,4)25-19(24-17)13-9-8-12(11-14(13)20)16(23)22-15-7-5-6-10-21-15/h5-11H,1-4H3,(H,21,22,23). The van der Waals surface area contributed by atoms with Gasteiger partial charge in [0.25, 0.3) is 5.91 Å². The van der Waals surface area contributed by atoms with Gasteiger partial charge < -0.3 is 14.6 Å². The van der Waals surface area contributed by atoms with Crippen molar-refractivity contribution in [1.29, 1.82) is 0 Å². The van der Waals surface area contributed by atoms with E-state index in [9.17, 15) is 4.79 Å². The molecule has 130 valence electrons. The number of nitrogens with one attached hydrogen (secondary N) is 1. The van der Waals surface area contributed by atoms with Crippen molar-refractivity contribution in [2.75, 3.05) is 5.32 Å². The first kappa shape index (κ1) is 17.9. The summed E-state index contributed by atoms with van der Waals surface area (Å²) >= 11 is 6.39. The molecule has 2 aromatic rings. The van der Waals surface area contributed by atoms with Crippen molar-refractivity contribution >= 4 is 35.9 Å². The van der Waals surface area contributed by atoms with E-state index in [1.54, 1.807) is 42.6 Å². The lowest BCUT2D eigenvalue weighted by atomic mass is 9.78. The third-order valence-corrected chi connectivity index (χ3v) is 5.00. The van der Waals surface area contributed by atoms with E-state index in [-0.39, 0.29) is 5.91 Å². The van der Waals surface area contributed by atoms with Crippen LogP contribution in [0.4, 0.5) is 5.82 Å². The second kappa shape index (κ2) is 6.44. The zero-order valence-corrected chi connectivity index (χ0v) is 15.4. The molecule has 1 amide bonds. The fourth-order valence-corrected chi connectivity index (χ4v) is 2.72. The highest BCUT2D eigenvalue weighted by Crippen LogP contribution is 2.37. The molecule has 1 fully saturated rings. The molecular weight excluding hydrogens is 338 g/mol. The summed E-state index contributed by atoms with van der Waals surface area (Å²) in [6.07, 6.45) is 1.62. The zero-order chi connectivity index (χ0) is 18.2. The van der Waals surface area contributed by atoms with Gasteiger partial charge in [0.2, 0.25) is 0 Å². The van der Waals surface area contributed by atoms with Crippen LogP contribution in [0.1, 0.15) is 38.1 Å². The molecule has 0 atom stereocenters. The van der Waals surface area contributed by atoms with E-state index in [2.05, 4.69) is 10.3 Å². The van der Waals surface area contributed by atoms with E-state index in [1.165, 1.54) is 0 Å². The van der Waals surface area contributed by atoms with Crippen molar-refractivity contribution in [3.05, 3.63) is 53.2 Å². The van der Waals surface area contributed by atoms with Crippen LogP contribution in [0.15, 0.2) is 42.6 Å². The molecular formula is C18H20BClN2O3. The van der Waals surface area contributed by atoms with Crippen molar-refractivity contribution < 1.29 is 14.1 Å². The average molecular weight is 359 g/mol. The van der Waals surface area contributed by atoms with Gasteiger partial charge in [-0.25, -0.2) is 4.98 Å². The number of benzene rings is 1. The van der Waals surface area contributed by atoms with E-state index in [0.29, 0.717) is 21.9 Å². The second-order valence-electron chi connectivity index (χ2n) is 6.99. The number of hydrogen-bond acceptors (Lipinski definition) is 4. The quantitative estimate of drug-likeness (QED) is 0.855. The van der Waals surface area contributed by atoms with Crippen LogP contribution in [0.25, 0.3) is 0 Å². The molecule has 0 bridgehead atoms. The van der Waals surface area contributed by atoms with E-state index in [0.717, 1.165) is 0 Å². The van der Waals surface area contributed by atoms with E-state index in [4.69, 9.17) is 20.9 Å². The Morgan fingerprint density at radius 1 is 1.12 bits per heavy atom. The molecule has 0 radical (unpaired) electrons. The van der Waals surface area contributed by atoms with Crippen LogP contribution in [0.3, 0.4) is 0 Å². The highest BCUT2D eigenvalue weighted by molar-refractivity contribution is 6.65. The van der Waals surface area contributed by atoms with Crippen molar-refractivity contribution in [2.45, 2.75) is 38.9 Å². The number of halogens is 1. The number of anilines is 1. The van der Waals surface area contributed by atoms with Gasteiger partial charge in [-0.3, -0.25) is 4.79 Å². The van der Waals surface area contributed by atoms with Gasteiger partial charge in [0.1, 0.15) is 5.82 Å². The van der Waals surface area contributed by atoms with Crippen LogP contribution < -0.4 is 10.8 Å². The summed E-state index contributed by atoms with van der Waals surface area (Å²) in [5, 5.41) is 3.15. The molecule has 1 saturated heterocycles. The Morgan fingerprint density at radius 2 is 1.80 bits per heavy atom. The molecule has 0 unspecified atom stereocenters. The molecule has 1 aliphatic rings. The molecule has 1 N–H and O–H groups in total. The van der Waals surface area contributed by atoms with Crippen molar-refractivity contribution in [1.82, 2.24) is 4.98 Å². The highest BCUT2D eigenvalue weighted by Gasteiger charge is 2.52. The highest BCUT2D eigenvalue weighted by atomic mass is 35.5. The number of carbonyl (C=O) groups is 1. The maximum absolute atomic E-state index is 12.3. The van der Waals surface area contributed by atoms with Crippen LogP contribution >= 0.6 is 11.6 Å². The lowest BCUT2D eigenvalue weighted by Crippen LogP contribution is -2.41. The Kier molecular flexibility index (Phi) is 4.62. The van der Waals surface area contributed by atoms with Gasteiger partial charge in [-0.15, -0.1) is 0 Å². The maximum Gasteiger partial charge on any atom is 0.496 e. The second-order valence-corrected chi connectivity index (χ2v) is 7.40. The number of amides is 1. The number of nitrogens with zero attached hydrogens (tertiary/aromatic N) is 1. The van der Waals surface area contributed by atoms with Gasteiger partial charge >= 0.3 is 7.12 Å². The SMILES string of the molecule is CC1(C)OB(c2ccc(C(=O)Nc3ccccn3)cc2Cl)OC1(C)C. The molecule has 25 heavy (non-hydrogen) atoms. The molecule has 1 aromatic heterocycles. The van der Waals surface area contributed by atoms with Gasteiger partial charge in [0.05, 0.1) is 11.2 Å². The van der Waals surface area contributed by atoms with Gasteiger partial charge in [-0.05, 0) is 52.0 Å². The summed E-state index contributed by atoms with van der Waals surface area (Å²) in [5.74, 6) is 0.208. The first-order valence-electron chi connectivity index (χ1n) is 8.07. The smallest absolute Gasteiger partial charge is 0.399 e. The summed E-state index contributed by atoms with van der Waals surface area (Å²) in [5.41, 5.74) is 0.247. The Balaban J connectivity index is 1.79. The maximum atomic E-state index is 12.3. The summed E-state index contributed by atoms with van der Waals surface area (Å²) in [4.78, 5) is 16.4. The Bertz CT molecular complexity index is 780. The third-order valence-electron chi connectivity index (χ3n) is 4.68. The summed E-state index contributed by atoms with van der Waals surface area (Å²) < 4.78 is 12.0. The number of aromatic nitrogens is 1. The Labute approximate surface area is 152 Å². The summed E-state index contributed by atoms with van der Waals surface area (Å²) in [7, 11) is -0.564. The largest absolute Gasteiger partial charge is 0.496 e.